The number of ether oxygens (including phenoxy) is 1. The van der Waals surface area contributed by atoms with Crippen LogP contribution in [0.2, 0.25) is 0 Å². The van der Waals surface area contributed by atoms with Crippen molar-refractivity contribution in [3.05, 3.63) is 36.0 Å². The number of amides is 1. The molecule has 3 heterocycles. The number of fused-ring (bicyclic) bond motifs is 1. The molecule has 1 amide bonds. The van der Waals surface area contributed by atoms with E-state index in [2.05, 4.69) is 15.5 Å². The van der Waals surface area contributed by atoms with E-state index in [4.69, 9.17) is 4.74 Å². The highest BCUT2D eigenvalue weighted by Crippen LogP contribution is 2.24. The molecule has 2 aliphatic rings. The Balaban J connectivity index is 1.44. The van der Waals surface area contributed by atoms with Crippen molar-refractivity contribution in [1.29, 1.82) is 0 Å². The van der Waals surface area contributed by atoms with Crippen molar-refractivity contribution in [3.8, 4) is 0 Å². The van der Waals surface area contributed by atoms with Crippen LogP contribution in [-0.2, 0) is 11.8 Å². The van der Waals surface area contributed by atoms with Gasteiger partial charge in [0.15, 0.2) is 0 Å². The fraction of sp³-hybridized carbons (Fsp3) is 0.550. The predicted octanol–water partition coefficient (Wildman–Crippen LogP) is 2.51. The average Bonchev–Trinajstić information content (AvgIpc) is 2.87. The monoisotopic (exact) mass is 341 g/mol. The van der Waals surface area contributed by atoms with E-state index in [9.17, 15) is 4.79 Å². The standard InChI is InChI=1S/C20H27N3O2/c1-21-10-8-17-18(4-2-5-19(17)21)20(24)23-11-6-16(7-12-23)22-9-3-14-25-15-13-22/h2,4-5,8,10,16H,3,6-7,9,11-15H2,1H3. The predicted molar refractivity (Wildman–Crippen MR) is 98.9 cm³/mol. The molecule has 0 atom stereocenters. The Morgan fingerprint density at radius 1 is 1.08 bits per heavy atom. The zero-order valence-corrected chi connectivity index (χ0v) is 15.0. The lowest BCUT2D eigenvalue weighted by atomic mass is 10.0. The number of hydrogen-bond acceptors (Lipinski definition) is 3. The minimum atomic E-state index is 0.175. The van der Waals surface area contributed by atoms with Crippen molar-refractivity contribution >= 4 is 16.8 Å². The minimum absolute atomic E-state index is 0.175. The van der Waals surface area contributed by atoms with Gasteiger partial charge in [-0.1, -0.05) is 6.07 Å². The van der Waals surface area contributed by atoms with E-state index in [1.54, 1.807) is 0 Å². The lowest BCUT2D eigenvalue weighted by molar-refractivity contribution is 0.0611. The summed E-state index contributed by atoms with van der Waals surface area (Å²) in [5.41, 5.74) is 1.95. The summed E-state index contributed by atoms with van der Waals surface area (Å²) < 4.78 is 7.64. The van der Waals surface area contributed by atoms with Crippen LogP contribution >= 0.6 is 0 Å². The maximum atomic E-state index is 13.0. The lowest BCUT2D eigenvalue weighted by Gasteiger charge is -2.38. The highest BCUT2D eigenvalue weighted by Gasteiger charge is 2.28. The quantitative estimate of drug-likeness (QED) is 0.842. The van der Waals surface area contributed by atoms with Crippen LogP contribution in [0, 0.1) is 0 Å². The average molecular weight is 341 g/mol. The molecular weight excluding hydrogens is 314 g/mol. The van der Waals surface area contributed by atoms with Crippen LogP contribution in [0.1, 0.15) is 29.6 Å². The van der Waals surface area contributed by atoms with Gasteiger partial charge in [-0.25, -0.2) is 0 Å². The van der Waals surface area contributed by atoms with Gasteiger partial charge >= 0.3 is 0 Å². The molecule has 25 heavy (non-hydrogen) atoms. The number of hydrogen-bond donors (Lipinski definition) is 0. The van der Waals surface area contributed by atoms with Crippen LogP contribution in [0.15, 0.2) is 30.5 Å². The van der Waals surface area contributed by atoms with Gasteiger partial charge in [-0.3, -0.25) is 9.69 Å². The molecule has 5 nitrogen and oxygen atoms in total. The van der Waals surface area contributed by atoms with Gasteiger partial charge in [-0.2, -0.15) is 0 Å². The molecule has 0 unspecified atom stereocenters. The van der Waals surface area contributed by atoms with Gasteiger partial charge < -0.3 is 14.2 Å². The third-order valence-corrected chi connectivity index (χ3v) is 5.68. The van der Waals surface area contributed by atoms with E-state index in [0.29, 0.717) is 6.04 Å². The van der Waals surface area contributed by atoms with Gasteiger partial charge in [0.05, 0.1) is 6.61 Å². The second-order valence-corrected chi connectivity index (χ2v) is 7.19. The maximum Gasteiger partial charge on any atom is 0.254 e. The zero-order valence-electron chi connectivity index (χ0n) is 15.0. The van der Waals surface area contributed by atoms with Crippen LogP contribution in [0.25, 0.3) is 10.9 Å². The minimum Gasteiger partial charge on any atom is -0.380 e. The normalized spacial score (nSPS) is 20.8. The van der Waals surface area contributed by atoms with Gasteiger partial charge in [0.1, 0.15) is 0 Å². The summed E-state index contributed by atoms with van der Waals surface area (Å²) in [7, 11) is 2.02. The Morgan fingerprint density at radius 2 is 1.92 bits per heavy atom. The first-order chi connectivity index (χ1) is 12.2. The fourth-order valence-corrected chi connectivity index (χ4v) is 4.22. The topological polar surface area (TPSA) is 37.7 Å². The maximum absolute atomic E-state index is 13.0. The summed E-state index contributed by atoms with van der Waals surface area (Å²) in [6.07, 6.45) is 5.28. The van der Waals surface area contributed by atoms with Crippen molar-refractivity contribution in [3.63, 3.8) is 0 Å². The van der Waals surface area contributed by atoms with Gasteiger partial charge in [0, 0.05) is 68.5 Å². The smallest absolute Gasteiger partial charge is 0.254 e. The lowest BCUT2D eigenvalue weighted by Crippen LogP contribution is -2.47. The number of piperidine rings is 1. The van der Waals surface area contributed by atoms with E-state index in [1.807, 2.05) is 36.3 Å². The SMILES string of the molecule is Cn1ccc2c(C(=O)N3CCC(N4CCCOCC4)CC3)cccc21. The highest BCUT2D eigenvalue weighted by atomic mass is 16.5. The van der Waals surface area contributed by atoms with Gasteiger partial charge in [0.25, 0.3) is 5.91 Å². The van der Waals surface area contributed by atoms with Crippen molar-refractivity contribution in [2.45, 2.75) is 25.3 Å². The molecule has 0 radical (unpaired) electrons. The third kappa shape index (κ3) is 3.31. The largest absolute Gasteiger partial charge is 0.380 e. The summed E-state index contributed by atoms with van der Waals surface area (Å²) in [6.45, 7) is 5.59. The number of carbonyl (C=O) groups is 1. The molecule has 0 aliphatic carbocycles. The molecule has 2 fully saturated rings. The summed E-state index contributed by atoms with van der Waals surface area (Å²) in [5, 5.41) is 1.06. The van der Waals surface area contributed by atoms with Gasteiger partial charge in [0.2, 0.25) is 0 Å². The number of nitrogens with zero attached hydrogens (tertiary/aromatic N) is 3. The van der Waals surface area contributed by atoms with Crippen LogP contribution in [-0.4, -0.2) is 65.7 Å². The zero-order chi connectivity index (χ0) is 17.2. The first kappa shape index (κ1) is 16.6. The third-order valence-electron chi connectivity index (χ3n) is 5.68. The molecule has 0 bridgehead atoms. The number of rotatable bonds is 2. The van der Waals surface area contributed by atoms with E-state index in [0.717, 1.165) is 75.1 Å². The van der Waals surface area contributed by atoms with E-state index >= 15 is 0 Å². The summed E-state index contributed by atoms with van der Waals surface area (Å²) in [4.78, 5) is 17.6. The number of benzene rings is 1. The molecule has 0 spiro atoms. The van der Waals surface area contributed by atoms with E-state index < -0.39 is 0 Å². The fourth-order valence-electron chi connectivity index (χ4n) is 4.22. The molecular formula is C20H27N3O2. The highest BCUT2D eigenvalue weighted by molar-refractivity contribution is 6.06. The van der Waals surface area contributed by atoms with Crippen LogP contribution in [0.4, 0.5) is 0 Å². The number of aryl methyl sites for hydroxylation is 1. The molecule has 2 saturated heterocycles. The number of carbonyl (C=O) groups excluding carboxylic acids is 1. The summed E-state index contributed by atoms with van der Waals surface area (Å²) in [6, 6.07) is 8.66. The van der Waals surface area contributed by atoms with E-state index in [-0.39, 0.29) is 5.91 Å². The number of aromatic nitrogens is 1. The number of likely N-dealkylation sites (tertiary alicyclic amines) is 1. The first-order valence-corrected chi connectivity index (χ1v) is 9.39. The Labute approximate surface area is 149 Å². The van der Waals surface area contributed by atoms with Crippen molar-refractivity contribution in [2.24, 2.45) is 7.05 Å². The molecule has 2 aromatic rings. The van der Waals surface area contributed by atoms with Crippen LogP contribution < -0.4 is 0 Å². The molecule has 4 rings (SSSR count). The van der Waals surface area contributed by atoms with Crippen molar-refractivity contribution in [2.75, 3.05) is 39.4 Å². The molecule has 134 valence electrons. The molecule has 5 heteroatoms. The van der Waals surface area contributed by atoms with E-state index in [1.165, 1.54) is 0 Å². The molecule has 1 aromatic heterocycles. The van der Waals surface area contributed by atoms with Crippen LogP contribution in [0.5, 0.6) is 0 Å². The molecule has 0 saturated carbocycles. The van der Waals surface area contributed by atoms with Gasteiger partial charge in [-0.15, -0.1) is 0 Å². The Hall–Kier alpha value is -1.85. The second-order valence-electron chi connectivity index (χ2n) is 7.19. The Kier molecular flexibility index (Phi) is 4.77. The van der Waals surface area contributed by atoms with Crippen LogP contribution in [0.3, 0.4) is 0 Å². The van der Waals surface area contributed by atoms with Crippen molar-refractivity contribution < 1.29 is 9.53 Å². The summed E-state index contributed by atoms with van der Waals surface area (Å²) >= 11 is 0. The molecule has 0 N–H and O–H groups in total. The second kappa shape index (κ2) is 7.18. The van der Waals surface area contributed by atoms with Gasteiger partial charge in [-0.05, 0) is 37.5 Å². The Bertz CT molecular complexity index is 738. The molecule has 2 aliphatic heterocycles. The Morgan fingerprint density at radius 3 is 2.76 bits per heavy atom. The summed E-state index contributed by atoms with van der Waals surface area (Å²) in [5.74, 6) is 0.175. The first-order valence-electron chi connectivity index (χ1n) is 9.39. The molecule has 1 aromatic carbocycles. The van der Waals surface area contributed by atoms with Crippen molar-refractivity contribution in [1.82, 2.24) is 14.4 Å².